The molecule has 1 atom stereocenters. The van der Waals surface area contributed by atoms with E-state index in [2.05, 4.69) is 18.3 Å². The summed E-state index contributed by atoms with van der Waals surface area (Å²) in [6, 6.07) is 5.13. The van der Waals surface area contributed by atoms with Gasteiger partial charge in [-0.1, -0.05) is 25.1 Å². The minimum absolute atomic E-state index is 0.00979. The molecule has 1 unspecified atom stereocenters. The van der Waals surface area contributed by atoms with Crippen LogP contribution in [0, 0.1) is 5.82 Å². The fourth-order valence-electron chi connectivity index (χ4n) is 2.26. The van der Waals surface area contributed by atoms with Crippen LogP contribution in [-0.4, -0.2) is 12.6 Å². The van der Waals surface area contributed by atoms with E-state index in [1.54, 1.807) is 6.07 Å². The van der Waals surface area contributed by atoms with E-state index in [1.165, 1.54) is 6.07 Å². The minimum Gasteiger partial charge on any atom is -0.483 e. The third kappa shape index (κ3) is 4.06. The van der Waals surface area contributed by atoms with E-state index in [9.17, 15) is 4.39 Å². The van der Waals surface area contributed by atoms with Crippen molar-refractivity contribution in [3.63, 3.8) is 0 Å². The van der Waals surface area contributed by atoms with Gasteiger partial charge < -0.3 is 10.1 Å². The van der Waals surface area contributed by atoms with Crippen LogP contribution in [0.4, 0.5) is 4.39 Å². The molecule has 104 valence electrons. The van der Waals surface area contributed by atoms with Gasteiger partial charge >= 0.3 is 0 Å². The second-order valence-corrected chi connectivity index (χ2v) is 4.92. The number of para-hydroxylation sites is 1. The summed E-state index contributed by atoms with van der Waals surface area (Å²) in [5.74, 6) is 0.137. The highest BCUT2D eigenvalue weighted by atomic mass is 19.1. The van der Waals surface area contributed by atoms with Gasteiger partial charge in [0.1, 0.15) is 6.10 Å². The average Bonchev–Trinajstić information content (AvgIpc) is 2.44. The number of halogens is 1. The molecule has 1 aliphatic carbocycles. The molecule has 1 N–H and O–H groups in total. The summed E-state index contributed by atoms with van der Waals surface area (Å²) in [6.07, 6.45) is 8.41. The molecule has 2 rings (SSSR count). The largest absolute Gasteiger partial charge is 0.483 e. The molecule has 3 heteroatoms. The van der Waals surface area contributed by atoms with Crippen molar-refractivity contribution in [2.45, 2.75) is 45.3 Å². The molecule has 1 aromatic carbocycles. The van der Waals surface area contributed by atoms with Crippen molar-refractivity contribution in [3.8, 4) is 5.75 Å². The number of benzene rings is 1. The molecule has 0 fully saturated rings. The van der Waals surface area contributed by atoms with Crippen LogP contribution in [0.1, 0.15) is 38.2 Å². The molecule has 2 nitrogen and oxygen atoms in total. The molecule has 0 spiro atoms. The van der Waals surface area contributed by atoms with Crippen LogP contribution >= 0.6 is 0 Å². The third-order valence-corrected chi connectivity index (χ3v) is 3.27. The lowest BCUT2D eigenvalue weighted by Crippen LogP contribution is -2.19. The molecule has 0 aliphatic heterocycles. The minimum atomic E-state index is -0.269. The Hall–Kier alpha value is -1.35. The van der Waals surface area contributed by atoms with Crippen molar-refractivity contribution in [1.82, 2.24) is 5.32 Å². The number of hydrogen-bond acceptors (Lipinski definition) is 2. The summed E-state index contributed by atoms with van der Waals surface area (Å²) >= 11 is 0. The zero-order valence-corrected chi connectivity index (χ0v) is 11.5. The van der Waals surface area contributed by atoms with Gasteiger partial charge in [-0.15, -0.1) is 0 Å². The lowest BCUT2D eigenvalue weighted by atomic mass is 10.1. The molecular weight excluding hydrogens is 241 g/mol. The van der Waals surface area contributed by atoms with Crippen LogP contribution in [0.3, 0.4) is 0 Å². The van der Waals surface area contributed by atoms with Crippen LogP contribution in [0.15, 0.2) is 30.4 Å². The summed E-state index contributed by atoms with van der Waals surface area (Å²) in [5, 5.41) is 3.29. The van der Waals surface area contributed by atoms with Gasteiger partial charge in [-0.2, -0.15) is 0 Å². The highest BCUT2D eigenvalue weighted by molar-refractivity contribution is 5.35. The maximum atomic E-state index is 13.9. The average molecular weight is 263 g/mol. The lowest BCUT2D eigenvalue weighted by molar-refractivity contribution is 0.217. The van der Waals surface area contributed by atoms with Crippen molar-refractivity contribution in [1.29, 1.82) is 0 Å². The number of nitrogens with one attached hydrogen (secondary N) is 1. The molecule has 0 aromatic heterocycles. The Morgan fingerprint density at radius 3 is 3.05 bits per heavy atom. The summed E-state index contributed by atoms with van der Waals surface area (Å²) < 4.78 is 19.8. The Bertz CT molecular complexity index is 431. The van der Waals surface area contributed by atoms with Crippen molar-refractivity contribution in [3.05, 3.63) is 41.7 Å². The first-order valence-electron chi connectivity index (χ1n) is 7.12. The van der Waals surface area contributed by atoms with E-state index in [0.717, 1.165) is 37.8 Å². The summed E-state index contributed by atoms with van der Waals surface area (Å²) in [6.45, 7) is 3.69. The monoisotopic (exact) mass is 263 g/mol. The molecule has 19 heavy (non-hydrogen) atoms. The molecular formula is C16H22FNO. The summed E-state index contributed by atoms with van der Waals surface area (Å²) in [7, 11) is 0. The van der Waals surface area contributed by atoms with Gasteiger partial charge in [0.2, 0.25) is 0 Å². The van der Waals surface area contributed by atoms with Gasteiger partial charge in [-0.05, 0) is 44.4 Å². The van der Waals surface area contributed by atoms with E-state index in [0.29, 0.717) is 12.3 Å². The molecule has 0 heterocycles. The molecule has 1 aliphatic rings. The Morgan fingerprint density at radius 1 is 1.42 bits per heavy atom. The third-order valence-electron chi connectivity index (χ3n) is 3.27. The second kappa shape index (κ2) is 7.29. The smallest absolute Gasteiger partial charge is 0.165 e. The lowest BCUT2D eigenvalue weighted by Gasteiger charge is -2.21. The molecule has 0 saturated heterocycles. The van der Waals surface area contributed by atoms with Crippen molar-refractivity contribution in [2.75, 3.05) is 6.54 Å². The van der Waals surface area contributed by atoms with Gasteiger partial charge in [0.15, 0.2) is 11.6 Å². The summed E-state index contributed by atoms with van der Waals surface area (Å²) in [5.41, 5.74) is 0.896. The fourth-order valence-corrected chi connectivity index (χ4v) is 2.26. The van der Waals surface area contributed by atoms with Crippen LogP contribution in [0.5, 0.6) is 5.75 Å². The normalized spacial score (nSPS) is 18.5. The molecule has 0 amide bonds. The standard InChI is InChI=1S/C16H22FNO/c1-2-11-18-12-13-7-6-10-15(17)16(13)19-14-8-4-3-5-9-14/h4,6-8,10,14,18H,2-3,5,9,11-12H2,1H3. The van der Waals surface area contributed by atoms with Crippen LogP contribution in [0.2, 0.25) is 0 Å². The number of ether oxygens (including phenoxy) is 1. The fraction of sp³-hybridized carbons (Fsp3) is 0.500. The van der Waals surface area contributed by atoms with Gasteiger partial charge in [-0.3, -0.25) is 0 Å². The van der Waals surface area contributed by atoms with E-state index < -0.39 is 0 Å². The van der Waals surface area contributed by atoms with Crippen molar-refractivity contribution < 1.29 is 9.13 Å². The van der Waals surface area contributed by atoms with E-state index in [1.807, 2.05) is 12.1 Å². The number of allylic oxidation sites excluding steroid dienone is 1. The quantitative estimate of drug-likeness (QED) is 0.622. The van der Waals surface area contributed by atoms with Gasteiger partial charge in [0.25, 0.3) is 0 Å². The van der Waals surface area contributed by atoms with Gasteiger partial charge in [0, 0.05) is 12.1 Å². The molecule has 0 saturated carbocycles. The predicted molar refractivity (Wildman–Crippen MR) is 75.8 cm³/mol. The number of hydrogen-bond donors (Lipinski definition) is 1. The first kappa shape index (κ1) is 14.1. The summed E-state index contributed by atoms with van der Waals surface area (Å²) in [4.78, 5) is 0. The van der Waals surface area contributed by atoms with E-state index >= 15 is 0 Å². The Morgan fingerprint density at radius 2 is 2.32 bits per heavy atom. The SMILES string of the molecule is CCCNCc1cccc(F)c1OC1C=CCCC1. The Kier molecular flexibility index (Phi) is 5.40. The zero-order chi connectivity index (χ0) is 13.5. The van der Waals surface area contributed by atoms with Gasteiger partial charge in [-0.25, -0.2) is 4.39 Å². The number of rotatable bonds is 6. The second-order valence-electron chi connectivity index (χ2n) is 4.92. The van der Waals surface area contributed by atoms with Crippen LogP contribution in [0.25, 0.3) is 0 Å². The zero-order valence-electron chi connectivity index (χ0n) is 11.5. The van der Waals surface area contributed by atoms with Crippen LogP contribution < -0.4 is 10.1 Å². The van der Waals surface area contributed by atoms with E-state index in [-0.39, 0.29) is 11.9 Å². The Labute approximate surface area is 114 Å². The van der Waals surface area contributed by atoms with Crippen molar-refractivity contribution >= 4 is 0 Å². The topological polar surface area (TPSA) is 21.3 Å². The maximum Gasteiger partial charge on any atom is 0.165 e. The van der Waals surface area contributed by atoms with E-state index in [4.69, 9.17) is 4.74 Å². The van der Waals surface area contributed by atoms with Gasteiger partial charge in [0.05, 0.1) is 0 Å². The Balaban J connectivity index is 2.08. The molecule has 0 radical (unpaired) electrons. The first-order chi connectivity index (χ1) is 9.31. The highest BCUT2D eigenvalue weighted by Gasteiger charge is 2.15. The first-order valence-corrected chi connectivity index (χ1v) is 7.12. The molecule has 1 aromatic rings. The molecule has 0 bridgehead atoms. The van der Waals surface area contributed by atoms with Crippen molar-refractivity contribution in [2.24, 2.45) is 0 Å². The maximum absolute atomic E-state index is 13.9. The predicted octanol–water partition coefficient (Wildman–Crippen LogP) is 3.81. The van der Waals surface area contributed by atoms with Crippen LogP contribution in [-0.2, 0) is 6.54 Å². The highest BCUT2D eigenvalue weighted by Crippen LogP contribution is 2.26.